The molecular weight excluding hydrogens is 294 g/mol. The third-order valence-electron chi connectivity index (χ3n) is 3.80. The van der Waals surface area contributed by atoms with E-state index in [2.05, 4.69) is 5.32 Å². The predicted molar refractivity (Wildman–Crippen MR) is 83.9 cm³/mol. The maximum absolute atomic E-state index is 12.2. The molecule has 1 aromatic heterocycles. The lowest BCUT2D eigenvalue weighted by molar-refractivity contribution is -0.121. The number of hydrogen-bond donors (Lipinski definition) is 1. The van der Waals surface area contributed by atoms with Crippen molar-refractivity contribution in [3.05, 3.63) is 59.9 Å². The van der Waals surface area contributed by atoms with Crippen LogP contribution in [0.1, 0.15) is 27.1 Å². The van der Waals surface area contributed by atoms with Crippen LogP contribution < -0.4 is 5.32 Å². The zero-order chi connectivity index (χ0) is 16.2. The molecule has 2 heterocycles. The molecule has 0 saturated carbocycles. The normalized spacial score (nSPS) is 13.3. The molecular formula is C17H17N3O3. The molecule has 118 valence electrons. The zero-order valence-corrected chi connectivity index (χ0v) is 12.6. The Morgan fingerprint density at radius 1 is 0.913 bits per heavy atom. The number of benzene rings is 1. The number of nitrogens with one attached hydrogen (secondary N) is 1. The van der Waals surface area contributed by atoms with Gasteiger partial charge in [0, 0.05) is 38.4 Å². The third kappa shape index (κ3) is 3.15. The van der Waals surface area contributed by atoms with Crippen LogP contribution in [0.15, 0.2) is 48.8 Å². The maximum atomic E-state index is 12.2. The second-order valence-corrected chi connectivity index (χ2v) is 5.33. The van der Waals surface area contributed by atoms with Crippen molar-refractivity contribution < 1.29 is 14.4 Å². The molecule has 3 amide bonds. The van der Waals surface area contributed by atoms with E-state index in [1.807, 2.05) is 29.1 Å². The minimum absolute atomic E-state index is 0.0989. The molecule has 23 heavy (non-hydrogen) atoms. The minimum Gasteiger partial charge on any atom is -0.354 e. The van der Waals surface area contributed by atoms with Crippen LogP contribution in [-0.2, 0) is 11.3 Å². The van der Waals surface area contributed by atoms with Gasteiger partial charge in [0.05, 0.1) is 11.1 Å². The molecule has 6 heteroatoms. The largest absolute Gasteiger partial charge is 0.354 e. The van der Waals surface area contributed by atoms with E-state index in [1.165, 1.54) is 0 Å². The highest BCUT2D eigenvalue weighted by atomic mass is 16.2. The van der Waals surface area contributed by atoms with Gasteiger partial charge in [0.15, 0.2) is 0 Å². The van der Waals surface area contributed by atoms with Crippen LogP contribution in [-0.4, -0.2) is 40.3 Å². The zero-order valence-electron chi connectivity index (χ0n) is 12.6. The molecule has 1 aliphatic rings. The van der Waals surface area contributed by atoms with Gasteiger partial charge in [-0.05, 0) is 24.3 Å². The van der Waals surface area contributed by atoms with E-state index in [0.717, 1.165) is 4.90 Å². The van der Waals surface area contributed by atoms with Gasteiger partial charge in [0.1, 0.15) is 0 Å². The van der Waals surface area contributed by atoms with Crippen LogP contribution in [0.2, 0.25) is 0 Å². The molecule has 1 N–H and O–H groups in total. The second kappa shape index (κ2) is 6.48. The van der Waals surface area contributed by atoms with Crippen molar-refractivity contribution in [1.29, 1.82) is 0 Å². The number of hydrogen-bond acceptors (Lipinski definition) is 3. The maximum Gasteiger partial charge on any atom is 0.261 e. The van der Waals surface area contributed by atoms with Crippen molar-refractivity contribution in [3.63, 3.8) is 0 Å². The fourth-order valence-corrected chi connectivity index (χ4v) is 2.59. The fourth-order valence-electron chi connectivity index (χ4n) is 2.59. The number of imide groups is 1. The first-order valence-corrected chi connectivity index (χ1v) is 7.49. The SMILES string of the molecule is O=C(CCN1C(=O)c2ccccc2C1=O)NCCn1cccc1. The quantitative estimate of drug-likeness (QED) is 0.817. The van der Waals surface area contributed by atoms with Gasteiger partial charge in [-0.1, -0.05) is 12.1 Å². The summed E-state index contributed by atoms with van der Waals surface area (Å²) in [4.78, 5) is 37.3. The summed E-state index contributed by atoms with van der Waals surface area (Å²) in [5.41, 5.74) is 0.816. The molecule has 0 saturated heterocycles. The molecule has 0 aliphatic carbocycles. The highest BCUT2D eigenvalue weighted by Gasteiger charge is 2.34. The Hall–Kier alpha value is -2.89. The molecule has 1 aromatic carbocycles. The average molecular weight is 311 g/mol. The smallest absolute Gasteiger partial charge is 0.261 e. The third-order valence-corrected chi connectivity index (χ3v) is 3.80. The fraction of sp³-hybridized carbons (Fsp3) is 0.235. The highest BCUT2D eigenvalue weighted by molar-refractivity contribution is 6.21. The van der Waals surface area contributed by atoms with Crippen molar-refractivity contribution in [3.8, 4) is 0 Å². The summed E-state index contributed by atoms with van der Waals surface area (Å²) >= 11 is 0. The van der Waals surface area contributed by atoms with Crippen LogP contribution in [0.3, 0.4) is 0 Å². The van der Waals surface area contributed by atoms with Crippen LogP contribution in [0, 0.1) is 0 Å². The van der Waals surface area contributed by atoms with Crippen molar-refractivity contribution in [2.45, 2.75) is 13.0 Å². The van der Waals surface area contributed by atoms with Crippen molar-refractivity contribution >= 4 is 17.7 Å². The van der Waals surface area contributed by atoms with E-state index >= 15 is 0 Å². The summed E-state index contributed by atoms with van der Waals surface area (Å²) in [6.45, 7) is 1.29. The summed E-state index contributed by atoms with van der Waals surface area (Å²) in [5, 5.41) is 2.79. The summed E-state index contributed by atoms with van der Waals surface area (Å²) in [5.74, 6) is -0.829. The lowest BCUT2D eigenvalue weighted by Crippen LogP contribution is -2.35. The van der Waals surface area contributed by atoms with E-state index in [9.17, 15) is 14.4 Å². The van der Waals surface area contributed by atoms with E-state index in [0.29, 0.717) is 24.2 Å². The molecule has 0 unspecified atom stereocenters. The lowest BCUT2D eigenvalue weighted by atomic mass is 10.1. The Morgan fingerprint density at radius 3 is 2.13 bits per heavy atom. The molecule has 0 spiro atoms. The minimum atomic E-state index is -0.328. The molecule has 6 nitrogen and oxygen atoms in total. The first-order valence-electron chi connectivity index (χ1n) is 7.49. The van der Waals surface area contributed by atoms with Crippen LogP contribution in [0.25, 0.3) is 0 Å². The van der Waals surface area contributed by atoms with E-state index in [4.69, 9.17) is 0 Å². The Balaban J connectivity index is 1.48. The Morgan fingerprint density at radius 2 is 1.52 bits per heavy atom. The number of aromatic nitrogens is 1. The molecule has 3 rings (SSSR count). The van der Waals surface area contributed by atoms with Crippen molar-refractivity contribution in [2.75, 3.05) is 13.1 Å². The summed E-state index contributed by atoms with van der Waals surface area (Å²) in [6.07, 6.45) is 3.95. The van der Waals surface area contributed by atoms with Crippen molar-refractivity contribution in [1.82, 2.24) is 14.8 Å². The monoisotopic (exact) mass is 311 g/mol. The van der Waals surface area contributed by atoms with Crippen molar-refractivity contribution in [2.24, 2.45) is 0 Å². The molecule has 1 aliphatic heterocycles. The topological polar surface area (TPSA) is 71.4 Å². The van der Waals surface area contributed by atoms with Gasteiger partial charge in [-0.25, -0.2) is 0 Å². The second-order valence-electron chi connectivity index (χ2n) is 5.33. The first-order chi connectivity index (χ1) is 11.2. The standard InChI is InChI=1S/C17H17N3O3/c21-15(18-8-12-19-9-3-4-10-19)7-11-20-16(22)13-5-1-2-6-14(13)17(20)23/h1-6,9-10H,7-8,11-12H2,(H,18,21). The summed E-state index contributed by atoms with van der Waals surface area (Å²) in [7, 11) is 0. The van der Waals surface area contributed by atoms with E-state index in [1.54, 1.807) is 24.3 Å². The molecule has 0 fully saturated rings. The van der Waals surface area contributed by atoms with Crippen LogP contribution in [0.5, 0.6) is 0 Å². The lowest BCUT2D eigenvalue weighted by Gasteiger charge is -2.13. The van der Waals surface area contributed by atoms with Gasteiger partial charge in [-0.3, -0.25) is 19.3 Å². The van der Waals surface area contributed by atoms with Gasteiger partial charge in [0.2, 0.25) is 5.91 Å². The van der Waals surface area contributed by atoms with Gasteiger partial charge in [-0.2, -0.15) is 0 Å². The van der Waals surface area contributed by atoms with Crippen LogP contribution >= 0.6 is 0 Å². The number of nitrogens with zero attached hydrogens (tertiary/aromatic N) is 2. The number of amides is 3. The number of carbonyl (C=O) groups is 3. The molecule has 0 atom stereocenters. The van der Waals surface area contributed by atoms with Gasteiger partial charge < -0.3 is 9.88 Å². The number of rotatable bonds is 6. The average Bonchev–Trinajstić information content (AvgIpc) is 3.15. The molecule has 0 radical (unpaired) electrons. The van der Waals surface area contributed by atoms with Crippen LogP contribution in [0.4, 0.5) is 0 Å². The Labute approximate surface area is 133 Å². The molecule has 2 aromatic rings. The highest BCUT2D eigenvalue weighted by Crippen LogP contribution is 2.22. The summed E-state index contributed by atoms with van der Waals surface area (Å²) in [6, 6.07) is 10.6. The number of carbonyl (C=O) groups excluding carboxylic acids is 3. The Bertz CT molecular complexity index is 702. The van der Waals surface area contributed by atoms with Gasteiger partial charge >= 0.3 is 0 Å². The molecule has 0 bridgehead atoms. The first kappa shape index (κ1) is 15.0. The van der Waals surface area contributed by atoms with E-state index < -0.39 is 0 Å². The Kier molecular flexibility index (Phi) is 4.23. The van der Waals surface area contributed by atoms with Gasteiger partial charge in [0.25, 0.3) is 11.8 Å². The summed E-state index contributed by atoms with van der Waals surface area (Å²) < 4.78 is 1.96. The van der Waals surface area contributed by atoms with E-state index in [-0.39, 0.29) is 30.7 Å². The predicted octanol–water partition coefficient (Wildman–Crippen LogP) is 1.29. The number of fused-ring (bicyclic) bond motifs is 1. The van der Waals surface area contributed by atoms with Gasteiger partial charge in [-0.15, -0.1) is 0 Å².